The number of likely N-dealkylation sites (N-methyl/N-ethyl adjacent to an activating group) is 1. The van der Waals surface area contributed by atoms with Gasteiger partial charge in [0.25, 0.3) is 5.91 Å². The number of hydrogen-bond donors (Lipinski definition) is 1. The van der Waals surface area contributed by atoms with E-state index in [9.17, 15) is 24.3 Å². The minimum Gasteiger partial charge on any atom is -0.441 e. The third kappa shape index (κ3) is 4.27. The smallest absolute Gasteiger partial charge is 0.304 e. The van der Waals surface area contributed by atoms with Gasteiger partial charge in [-0.15, -0.1) is 0 Å². The maximum atomic E-state index is 16.0. The second kappa shape index (κ2) is 9.67. The molecule has 1 unspecified atom stereocenters. The lowest BCUT2D eigenvalue weighted by atomic mass is 9.82. The molecule has 1 N–H and O–H groups in total. The van der Waals surface area contributed by atoms with E-state index >= 15 is 4.11 Å². The number of amides is 3. The van der Waals surface area contributed by atoms with Gasteiger partial charge in [-0.3, -0.25) is 24.1 Å². The van der Waals surface area contributed by atoms with Gasteiger partial charge in [0, 0.05) is 43.2 Å². The predicted molar refractivity (Wildman–Crippen MR) is 142 cm³/mol. The summed E-state index contributed by atoms with van der Waals surface area (Å²) in [6.45, 7) is 6.62. The summed E-state index contributed by atoms with van der Waals surface area (Å²) in [6.07, 6.45) is -0.0879. The van der Waals surface area contributed by atoms with Gasteiger partial charge in [-0.25, -0.2) is 0 Å². The fourth-order valence-corrected chi connectivity index (χ4v) is 9.61. The Balaban J connectivity index is 1.53. The summed E-state index contributed by atoms with van der Waals surface area (Å²) in [7, 11) is -1.83. The molecule has 12 heteroatoms. The Morgan fingerprint density at radius 2 is 2.00 bits per heavy atom. The number of nitrogens with zero attached hydrogens (tertiary/aromatic N) is 3. The summed E-state index contributed by atoms with van der Waals surface area (Å²) >= 11 is 0. The van der Waals surface area contributed by atoms with Crippen LogP contribution in [-0.2, 0) is 34.3 Å². The molecule has 4 heterocycles. The van der Waals surface area contributed by atoms with Crippen LogP contribution in [0.5, 0.6) is 0 Å². The lowest BCUT2D eigenvalue weighted by molar-refractivity contribution is -0.154. The molecule has 0 aliphatic carbocycles. The van der Waals surface area contributed by atoms with Crippen LogP contribution in [-0.4, -0.2) is 80.7 Å². The maximum Gasteiger partial charge on any atom is 0.304 e. The highest BCUT2D eigenvalue weighted by Crippen LogP contribution is 2.60. The molecular formula is C27H36FN3O7Si. The number of ether oxygens (including phenoxy) is 2. The fraction of sp³-hybridized carbons (Fsp3) is 0.630. The minimum absolute atomic E-state index is 0.0623. The van der Waals surface area contributed by atoms with E-state index in [1.54, 1.807) is 50.2 Å². The number of hydrogen-bond acceptors (Lipinski definition) is 7. The number of β-lactam (4-membered cyclic amide) rings is 1. The molecule has 6 atom stereocenters. The zero-order valence-electron chi connectivity index (χ0n) is 23.0. The van der Waals surface area contributed by atoms with E-state index in [2.05, 4.69) is 0 Å². The van der Waals surface area contributed by atoms with Crippen molar-refractivity contribution in [3.05, 3.63) is 23.8 Å². The van der Waals surface area contributed by atoms with Gasteiger partial charge in [-0.2, -0.15) is 0 Å². The number of rotatable bonds is 6. The summed E-state index contributed by atoms with van der Waals surface area (Å²) in [5.74, 6) is -1.88. The second-order valence-electron chi connectivity index (χ2n) is 11.6. The van der Waals surface area contributed by atoms with Crippen LogP contribution >= 0.6 is 0 Å². The maximum absolute atomic E-state index is 16.0. The molecule has 4 aliphatic rings. The normalized spacial score (nSPS) is 32.2. The van der Waals surface area contributed by atoms with Crippen LogP contribution in [0.4, 0.5) is 15.5 Å². The number of likely N-dealkylation sites (tertiary alicyclic amines) is 1. The van der Waals surface area contributed by atoms with Gasteiger partial charge in [0.2, 0.25) is 20.2 Å². The number of aliphatic hydroxyl groups is 1. The average Bonchev–Trinajstić information content (AvgIpc) is 3.49. The van der Waals surface area contributed by atoms with Gasteiger partial charge in [0.15, 0.2) is 11.8 Å². The molecule has 0 bridgehead atoms. The number of aliphatic hydroxyl groups excluding tert-OH is 1. The predicted octanol–water partition coefficient (Wildman–Crippen LogP) is 2.44. The minimum atomic E-state index is -3.46. The number of carbonyl (C=O) groups excluding carboxylic acids is 4. The van der Waals surface area contributed by atoms with Gasteiger partial charge in [0.05, 0.1) is 37.3 Å². The molecule has 1 spiro atoms. The number of fused-ring (bicyclic) bond motifs is 2. The number of halogens is 1. The first kappa shape index (κ1) is 27.7. The van der Waals surface area contributed by atoms with Gasteiger partial charge in [-0.05, 0) is 44.1 Å². The number of benzene rings is 1. The molecule has 1 aromatic rings. The van der Waals surface area contributed by atoms with E-state index in [0.29, 0.717) is 29.9 Å². The van der Waals surface area contributed by atoms with Crippen LogP contribution in [0, 0.1) is 5.92 Å². The third-order valence-electron chi connectivity index (χ3n) is 8.84. The Morgan fingerprint density at radius 3 is 2.62 bits per heavy atom. The van der Waals surface area contributed by atoms with E-state index in [4.69, 9.17) is 9.47 Å². The zero-order valence-corrected chi connectivity index (χ0v) is 24.0. The average molecular weight is 562 g/mol. The summed E-state index contributed by atoms with van der Waals surface area (Å²) in [4.78, 5) is 55.8. The Hall–Kier alpha value is -2.83. The van der Waals surface area contributed by atoms with Crippen LogP contribution in [0.15, 0.2) is 18.2 Å². The number of anilines is 2. The monoisotopic (exact) mass is 561 g/mol. The Labute approximate surface area is 228 Å². The zero-order chi connectivity index (χ0) is 28.4. The molecule has 1 aromatic carbocycles. The molecule has 4 aliphatic heterocycles. The van der Waals surface area contributed by atoms with Crippen LogP contribution < -0.4 is 9.80 Å². The van der Waals surface area contributed by atoms with Crippen molar-refractivity contribution in [2.24, 2.45) is 5.92 Å². The van der Waals surface area contributed by atoms with Crippen molar-refractivity contribution in [2.45, 2.75) is 82.1 Å². The Morgan fingerprint density at radius 1 is 1.28 bits per heavy atom. The number of carbonyl (C=O) groups is 4. The lowest BCUT2D eigenvalue weighted by Crippen LogP contribution is -2.55. The van der Waals surface area contributed by atoms with Crippen molar-refractivity contribution < 1.29 is 37.9 Å². The van der Waals surface area contributed by atoms with Gasteiger partial charge < -0.3 is 28.5 Å². The fourth-order valence-electron chi connectivity index (χ4n) is 7.12. The lowest BCUT2D eigenvalue weighted by Gasteiger charge is -2.39. The molecular weight excluding hydrogens is 525 g/mol. The van der Waals surface area contributed by atoms with Crippen LogP contribution in [0.2, 0.25) is 18.6 Å². The molecule has 0 saturated carbocycles. The van der Waals surface area contributed by atoms with Gasteiger partial charge >= 0.3 is 5.97 Å². The first-order valence-corrected chi connectivity index (χ1v) is 16.5. The molecule has 212 valence electrons. The molecule has 3 saturated heterocycles. The summed E-state index contributed by atoms with van der Waals surface area (Å²) in [5.41, 5.74) is -0.642. The summed E-state index contributed by atoms with van der Waals surface area (Å²) in [5, 5.41) is 9.71. The molecule has 3 amide bonds. The first-order chi connectivity index (χ1) is 18.3. The van der Waals surface area contributed by atoms with Crippen molar-refractivity contribution >= 4 is 43.5 Å². The van der Waals surface area contributed by atoms with E-state index in [1.165, 1.54) is 16.7 Å². The number of esters is 1. The summed E-state index contributed by atoms with van der Waals surface area (Å²) < 4.78 is 27.8. The quantitative estimate of drug-likeness (QED) is 0.245. The van der Waals surface area contributed by atoms with Crippen LogP contribution in [0.3, 0.4) is 0 Å². The van der Waals surface area contributed by atoms with Crippen molar-refractivity contribution in [3.8, 4) is 0 Å². The van der Waals surface area contributed by atoms with Crippen molar-refractivity contribution in [1.29, 1.82) is 0 Å². The van der Waals surface area contributed by atoms with Crippen molar-refractivity contribution in [1.82, 2.24) is 4.90 Å². The molecule has 3 fully saturated rings. The van der Waals surface area contributed by atoms with Gasteiger partial charge in [-0.1, -0.05) is 6.92 Å². The molecule has 39 heavy (non-hydrogen) atoms. The second-order valence-corrected chi connectivity index (χ2v) is 15.4. The molecule has 0 aromatic heterocycles. The topological polar surface area (TPSA) is 117 Å². The highest BCUT2D eigenvalue weighted by atomic mass is 28.4. The van der Waals surface area contributed by atoms with Crippen molar-refractivity contribution in [2.75, 3.05) is 30.0 Å². The highest BCUT2D eigenvalue weighted by molar-refractivity contribution is 6.72. The molecule has 10 nitrogen and oxygen atoms in total. The van der Waals surface area contributed by atoms with E-state index in [1.807, 2.05) is 0 Å². The van der Waals surface area contributed by atoms with Crippen LogP contribution in [0.25, 0.3) is 0 Å². The molecule has 0 radical (unpaired) electrons. The van der Waals surface area contributed by atoms with E-state index < -0.39 is 43.8 Å². The SMILES string of the molecule is CC(=O)OC1CC(=O)N1c1ccc2c(c1)[C@]1(O[C@@H](CC(=O)N3CCC[C@H]3CO)[C@H]([Si](C)(C)F)[C@H]1C)C(=O)N2C. The van der Waals surface area contributed by atoms with Gasteiger partial charge in [0.1, 0.15) is 0 Å². The van der Waals surface area contributed by atoms with E-state index in [0.717, 1.165) is 6.42 Å². The first-order valence-electron chi connectivity index (χ1n) is 13.5. The highest BCUT2D eigenvalue weighted by Gasteiger charge is 2.66. The molecule has 5 rings (SSSR count). The van der Waals surface area contributed by atoms with E-state index in [-0.39, 0.29) is 43.2 Å². The third-order valence-corrected chi connectivity index (χ3v) is 11.3. The Kier molecular flexibility index (Phi) is 6.87. The standard InChI is InChI=1S/C27H36FN3O7Si/c1-15-25(39(4,5)28)21(12-22(34)30-10-6-7-18(30)14-32)38-27(15)19-11-17(8-9-20(19)29(3)26(27)36)31-23(35)13-24(31)37-16(2)33/h8-9,11,15,18,21,24-25,32H,6-7,10,12-14H2,1-5H3/t15-,18+,21+,24?,25-,27+/m1/s1. The van der Waals surface area contributed by atoms with Crippen LogP contribution in [0.1, 0.15) is 45.1 Å². The Bertz CT molecular complexity index is 1220. The van der Waals surface area contributed by atoms with Crippen molar-refractivity contribution in [3.63, 3.8) is 0 Å². The largest absolute Gasteiger partial charge is 0.441 e. The summed E-state index contributed by atoms with van der Waals surface area (Å²) in [6, 6.07) is 4.83.